The summed E-state index contributed by atoms with van der Waals surface area (Å²) in [5.74, 6) is -0.433. The zero-order chi connectivity index (χ0) is 11.4. The lowest BCUT2D eigenvalue weighted by atomic mass is 10.3. The standard InChI is InChI=1S/C10H10Cl2O3/c1-6(2-10(13)14)15-9-4-7(11)3-8(12)5-9/h3-6H,2H2,1H3,(H,13,14)/t6-/m1/s1. The number of hydrogen-bond acceptors (Lipinski definition) is 2. The van der Waals surface area contributed by atoms with E-state index in [0.717, 1.165) is 0 Å². The molecule has 0 amide bonds. The largest absolute Gasteiger partial charge is 0.490 e. The second-order valence-electron chi connectivity index (χ2n) is 3.13. The van der Waals surface area contributed by atoms with E-state index >= 15 is 0 Å². The van der Waals surface area contributed by atoms with Crippen molar-refractivity contribution in [2.24, 2.45) is 0 Å². The van der Waals surface area contributed by atoms with Gasteiger partial charge in [-0.25, -0.2) is 0 Å². The maximum atomic E-state index is 10.4. The molecule has 0 heterocycles. The zero-order valence-corrected chi connectivity index (χ0v) is 9.55. The van der Waals surface area contributed by atoms with Gasteiger partial charge in [-0.15, -0.1) is 0 Å². The molecule has 1 atom stereocenters. The quantitative estimate of drug-likeness (QED) is 0.890. The molecule has 0 radical (unpaired) electrons. The summed E-state index contributed by atoms with van der Waals surface area (Å²) in [5, 5.41) is 9.46. The van der Waals surface area contributed by atoms with Gasteiger partial charge in [0.1, 0.15) is 11.9 Å². The highest BCUT2D eigenvalue weighted by molar-refractivity contribution is 6.34. The van der Waals surface area contributed by atoms with Gasteiger partial charge in [0.25, 0.3) is 0 Å². The predicted octanol–water partition coefficient (Wildman–Crippen LogP) is 3.24. The molecule has 1 aromatic carbocycles. The highest BCUT2D eigenvalue weighted by Crippen LogP contribution is 2.25. The van der Waals surface area contributed by atoms with Crippen molar-refractivity contribution in [3.8, 4) is 5.75 Å². The van der Waals surface area contributed by atoms with Crippen molar-refractivity contribution < 1.29 is 14.6 Å². The van der Waals surface area contributed by atoms with Crippen LogP contribution in [0, 0.1) is 0 Å². The molecule has 0 saturated carbocycles. The number of rotatable bonds is 4. The van der Waals surface area contributed by atoms with Gasteiger partial charge in [-0.3, -0.25) is 4.79 Å². The Balaban J connectivity index is 2.67. The van der Waals surface area contributed by atoms with Crippen LogP contribution in [0.4, 0.5) is 0 Å². The number of benzene rings is 1. The van der Waals surface area contributed by atoms with Gasteiger partial charge in [0.15, 0.2) is 0 Å². The summed E-state index contributed by atoms with van der Waals surface area (Å²) in [6.07, 6.45) is -0.485. The molecule has 0 aromatic heterocycles. The summed E-state index contributed by atoms with van der Waals surface area (Å²) in [6, 6.07) is 4.76. The molecule has 15 heavy (non-hydrogen) atoms. The highest BCUT2D eigenvalue weighted by Gasteiger charge is 2.09. The van der Waals surface area contributed by atoms with E-state index in [1.54, 1.807) is 25.1 Å². The van der Waals surface area contributed by atoms with Gasteiger partial charge in [-0.2, -0.15) is 0 Å². The molecule has 5 heteroatoms. The fraction of sp³-hybridized carbons (Fsp3) is 0.300. The van der Waals surface area contributed by atoms with Crippen molar-refractivity contribution in [1.29, 1.82) is 0 Å². The molecule has 0 fully saturated rings. The Kier molecular flexibility index (Phi) is 4.24. The van der Waals surface area contributed by atoms with Gasteiger partial charge in [0, 0.05) is 10.0 Å². The molecule has 1 rings (SSSR count). The smallest absolute Gasteiger partial charge is 0.307 e. The van der Waals surface area contributed by atoms with E-state index in [0.29, 0.717) is 15.8 Å². The Morgan fingerprint density at radius 3 is 2.40 bits per heavy atom. The highest BCUT2D eigenvalue weighted by atomic mass is 35.5. The van der Waals surface area contributed by atoms with E-state index in [9.17, 15) is 4.79 Å². The molecule has 1 aromatic rings. The minimum Gasteiger partial charge on any atom is -0.490 e. The van der Waals surface area contributed by atoms with Crippen molar-refractivity contribution in [2.75, 3.05) is 0 Å². The first-order valence-electron chi connectivity index (χ1n) is 4.32. The summed E-state index contributed by atoms with van der Waals surface area (Å²) in [4.78, 5) is 10.4. The molecule has 0 aliphatic rings. The molecular formula is C10H10Cl2O3. The third-order valence-electron chi connectivity index (χ3n) is 1.64. The van der Waals surface area contributed by atoms with Gasteiger partial charge in [0.05, 0.1) is 6.42 Å². The van der Waals surface area contributed by atoms with Crippen LogP contribution in [-0.2, 0) is 4.79 Å². The second kappa shape index (κ2) is 5.24. The van der Waals surface area contributed by atoms with Gasteiger partial charge in [-0.05, 0) is 25.1 Å². The first kappa shape index (κ1) is 12.1. The molecule has 0 spiro atoms. The number of halogens is 2. The van der Waals surface area contributed by atoms with Crippen molar-refractivity contribution in [3.63, 3.8) is 0 Å². The molecule has 1 N–H and O–H groups in total. The van der Waals surface area contributed by atoms with Gasteiger partial charge in [-0.1, -0.05) is 23.2 Å². The number of carboxylic acids is 1. The van der Waals surface area contributed by atoms with E-state index in [1.165, 1.54) is 0 Å². The summed E-state index contributed by atoms with van der Waals surface area (Å²) in [7, 11) is 0. The molecule has 0 aliphatic heterocycles. The van der Waals surface area contributed by atoms with E-state index in [-0.39, 0.29) is 6.42 Å². The molecular weight excluding hydrogens is 239 g/mol. The van der Waals surface area contributed by atoms with Crippen LogP contribution in [-0.4, -0.2) is 17.2 Å². The van der Waals surface area contributed by atoms with Crippen LogP contribution in [0.25, 0.3) is 0 Å². The van der Waals surface area contributed by atoms with Crippen molar-refractivity contribution in [1.82, 2.24) is 0 Å². The normalized spacial score (nSPS) is 12.2. The topological polar surface area (TPSA) is 46.5 Å². The van der Waals surface area contributed by atoms with Crippen LogP contribution in [0.1, 0.15) is 13.3 Å². The van der Waals surface area contributed by atoms with Crippen LogP contribution >= 0.6 is 23.2 Å². The number of ether oxygens (including phenoxy) is 1. The van der Waals surface area contributed by atoms with Crippen LogP contribution < -0.4 is 4.74 Å². The average Bonchev–Trinajstić information content (AvgIpc) is 1.98. The van der Waals surface area contributed by atoms with E-state index in [2.05, 4.69) is 0 Å². The summed E-state index contributed by atoms with van der Waals surface area (Å²) in [5.41, 5.74) is 0. The maximum absolute atomic E-state index is 10.4. The van der Waals surface area contributed by atoms with Crippen molar-refractivity contribution in [3.05, 3.63) is 28.2 Å². The van der Waals surface area contributed by atoms with E-state index in [4.69, 9.17) is 33.0 Å². The third-order valence-corrected chi connectivity index (χ3v) is 2.07. The fourth-order valence-corrected chi connectivity index (χ4v) is 1.62. The van der Waals surface area contributed by atoms with Gasteiger partial charge in [0.2, 0.25) is 0 Å². The Morgan fingerprint density at radius 2 is 1.93 bits per heavy atom. The minimum absolute atomic E-state index is 0.0653. The first-order chi connectivity index (χ1) is 6.97. The lowest BCUT2D eigenvalue weighted by Gasteiger charge is -2.12. The van der Waals surface area contributed by atoms with Crippen LogP contribution in [0.15, 0.2) is 18.2 Å². The van der Waals surface area contributed by atoms with Crippen LogP contribution in [0.5, 0.6) is 5.75 Å². The number of aliphatic carboxylic acids is 1. The minimum atomic E-state index is -0.907. The van der Waals surface area contributed by atoms with Crippen LogP contribution in [0.2, 0.25) is 10.0 Å². The Bertz CT molecular complexity index is 345. The zero-order valence-electron chi connectivity index (χ0n) is 8.04. The van der Waals surface area contributed by atoms with E-state index < -0.39 is 12.1 Å². The molecule has 0 saturated heterocycles. The van der Waals surface area contributed by atoms with Crippen LogP contribution in [0.3, 0.4) is 0 Å². The number of carbonyl (C=O) groups is 1. The third kappa shape index (κ3) is 4.40. The first-order valence-corrected chi connectivity index (χ1v) is 5.07. The van der Waals surface area contributed by atoms with E-state index in [1.807, 2.05) is 0 Å². The monoisotopic (exact) mass is 248 g/mol. The lowest BCUT2D eigenvalue weighted by Crippen LogP contribution is -2.16. The fourth-order valence-electron chi connectivity index (χ4n) is 1.12. The van der Waals surface area contributed by atoms with Gasteiger partial charge < -0.3 is 9.84 Å². The van der Waals surface area contributed by atoms with Gasteiger partial charge >= 0.3 is 5.97 Å². The molecule has 0 aliphatic carbocycles. The Labute approximate surface area is 97.6 Å². The summed E-state index contributed by atoms with van der Waals surface area (Å²) >= 11 is 11.5. The molecule has 0 bridgehead atoms. The maximum Gasteiger partial charge on any atom is 0.307 e. The lowest BCUT2D eigenvalue weighted by molar-refractivity contribution is -0.138. The van der Waals surface area contributed by atoms with Crippen molar-refractivity contribution >= 4 is 29.2 Å². The number of carboxylic acid groups (broad SMARTS) is 1. The predicted molar refractivity (Wildman–Crippen MR) is 58.8 cm³/mol. The number of hydrogen-bond donors (Lipinski definition) is 1. The molecule has 82 valence electrons. The second-order valence-corrected chi connectivity index (χ2v) is 4.00. The summed E-state index contributed by atoms with van der Waals surface area (Å²) < 4.78 is 5.34. The average molecular weight is 249 g/mol. The summed E-state index contributed by atoms with van der Waals surface area (Å²) in [6.45, 7) is 1.67. The Morgan fingerprint density at radius 1 is 1.40 bits per heavy atom. The molecule has 3 nitrogen and oxygen atoms in total. The van der Waals surface area contributed by atoms with Crippen molar-refractivity contribution in [2.45, 2.75) is 19.4 Å². The molecule has 0 unspecified atom stereocenters. The SMILES string of the molecule is C[C@H](CC(=O)O)Oc1cc(Cl)cc(Cl)c1. The Hall–Kier alpha value is -0.930.